The molecule has 2 aromatic rings. The Morgan fingerprint density at radius 1 is 1.19 bits per heavy atom. The molecule has 1 amide bonds. The number of nitrogens with zero attached hydrogens (tertiary/aromatic N) is 2. The number of carbonyl (C=O) groups is 1. The van der Waals surface area contributed by atoms with Gasteiger partial charge in [0, 0.05) is 6.20 Å². The number of hydrogen-bond acceptors (Lipinski definition) is 5. The normalized spacial score (nSPS) is 20.3. The molecule has 8 heteroatoms. The molecule has 0 saturated heterocycles. The average molecular weight is 439 g/mol. The highest BCUT2D eigenvalue weighted by Gasteiger charge is 2.41. The lowest BCUT2D eigenvalue weighted by molar-refractivity contribution is -0.125. The third-order valence-electron chi connectivity index (χ3n) is 5.45. The molecular weight excluding hydrogens is 416 g/mol. The predicted octanol–water partition coefficient (Wildman–Crippen LogP) is 3.21. The number of aliphatic imine (C=N–C) groups is 1. The van der Waals surface area contributed by atoms with Gasteiger partial charge in [-0.3, -0.25) is 9.79 Å². The Balaban J connectivity index is 1.47. The van der Waals surface area contributed by atoms with Crippen LogP contribution in [0.2, 0.25) is 0 Å². The van der Waals surface area contributed by atoms with Crippen molar-refractivity contribution in [3.05, 3.63) is 95.4 Å². The Bertz CT molecular complexity index is 1060. The number of rotatable bonds is 7. The van der Waals surface area contributed by atoms with Crippen molar-refractivity contribution in [2.45, 2.75) is 31.7 Å². The summed E-state index contributed by atoms with van der Waals surface area (Å²) < 4.78 is 33.5. The fraction of sp³-hybridized carbons (Fsp3) is 0.250. The number of hydrogen-bond donors (Lipinski definition) is 2. The molecule has 166 valence electrons. The fourth-order valence-electron chi connectivity index (χ4n) is 3.80. The number of halogens is 2. The summed E-state index contributed by atoms with van der Waals surface area (Å²) in [4.78, 5) is 19.3. The Labute approximate surface area is 184 Å². The van der Waals surface area contributed by atoms with Gasteiger partial charge in [-0.2, -0.15) is 0 Å². The summed E-state index contributed by atoms with van der Waals surface area (Å²) in [6.45, 7) is 1.24. The predicted molar refractivity (Wildman–Crippen MR) is 115 cm³/mol. The van der Waals surface area contributed by atoms with E-state index in [9.17, 15) is 18.7 Å². The second-order valence-electron chi connectivity index (χ2n) is 7.56. The van der Waals surface area contributed by atoms with E-state index >= 15 is 0 Å². The summed E-state index contributed by atoms with van der Waals surface area (Å²) in [5.41, 5.74) is 0.615. The highest BCUT2D eigenvalue weighted by atomic mass is 19.1. The van der Waals surface area contributed by atoms with Gasteiger partial charge in [0.2, 0.25) is 5.91 Å². The van der Waals surface area contributed by atoms with Crippen LogP contribution in [0.4, 0.5) is 8.78 Å². The minimum Gasteiger partial charge on any atom is -0.485 e. The number of aliphatic hydroxyl groups is 1. The zero-order chi connectivity index (χ0) is 22.7. The van der Waals surface area contributed by atoms with Crippen LogP contribution in [0.1, 0.15) is 24.1 Å². The molecule has 0 aliphatic carbocycles. The van der Waals surface area contributed by atoms with E-state index in [-0.39, 0.29) is 24.7 Å². The molecule has 2 unspecified atom stereocenters. The van der Waals surface area contributed by atoms with Gasteiger partial charge >= 0.3 is 0 Å². The van der Waals surface area contributed by atoms with E-state index in [4.69, 9.17) is 4.74 Å². The van der Waals surface area contributed by atoms with Gasteiger partial charge in [0.05, 0.1) is 24.3 Å². The van der Waals surface area contributed by atoms with Gasteiger partial charge < -0.3 is 20.1 Å². The molecule has 2 aliphatic heterocycles. The van der Waals surface area contributed by atoms with Crippen LogP contribution in [0, 0.1) is 11.6 Å². The van der Waals surface area contributed by atoms with Crippen molar-refractivity contribution in [3.8, 4) is 0 Å². The largest absolute Gasteiger partial charge is 0.485 e. The summed E-state index contributed by atoms with van der Waals surface area (Å²) >= 11 is 0. The van der Waals surface area contributed by atoms with E-state index in [1.807, 2.05) is 30.3 Å². The van der Waals surface area contributed by atoms with Crippen LogP contribution in [0.3, 0.4) is 0 Å². The number of fused-ring (bicyclic) bond motifs is 1. The minimum absolute atomic E-state index is 0.177. The van der Waals surface area contributed by atoms with Crippen LogP contribution < -0.4 is 5.32 Å². The smallest absolute Gasteiger partial charge is 0.245 e. The molecule has 2 heterocycles. The van der Waals surface area contributed by atoms with Crippen molar-refractivity contribution in [1.82, 2.24) is 10.2 Å². The Kier molecular flexibility index (Phi) is 6.32. The summed E-state index contributed by atoms with van der Waals surface area (Å²) in [5.74, 6) is -0.950. The quantitative estimate of drug-likeness (QED) is 0.695. The molecule has 0 fully saturated rings. The number of nitrogens with one attached hydrogen (secondary N) is 1. The lowest BCUT2D eigenvalue weighted by Gasteiger charge is -2.29. The average Bonchev–Trinajstić information content (AvgIpc) is 3.14. The number of aliphatic hydroxyl groups excluding tert-OH is 1. The number of carbonyl (C=O) groups excluding carboxylic acids is 1. The van der Waals surface area contributed by atoms with E-state index in [1.165, 1.54) is 18.2 Å². The molecule has 2 N–H and O–H groups in total. The van der Waals surface area contributed by atoms with Crippen LogP contribution in [-0.4, -0.2) is 40.4 Å². The van der Waals surface area contributed by atoms with Crippen LogP contribution in [0.25, 0.3) is 0 Å². The minimum atomic E-state index is -0.691. The molecule has 0 aromatic heterocycles. The number of amidine groups is 1. The second-order valence-corrected chi connectivity index (χ2v) is 7.56. The van der Waals surface area contributed by atoms with Gasteiger partial charge in [0.1, 0.15) is 24.3 Å². The van der Waals surface area contributed by atoms with Crippen molar-refractivity contribution in [3.63, 3.8) is 0 Å². The maximum Gasteiger partial charge on any atom is 0.245 e. The van der Waals surface area contributed by atoms with Crippen molar-refractivity contribution in [2.75, 3.05) is 6.61 Å². The molecule has 32 heavy (non-hydrogen) atoms. The molecule has 6 nitrogen and oxygen atoms in total. The molecule has 2 aromatic carbocycles. The Morgan fingerprint density at radius 3 is 2.59 bits per heavy atom. The van der Waals surface area contributed by atoms with Crippen molar-refractivity contribution < 1.29 is 23.4 Å². The summed E-state index contributed by atoms with van der Waals surface area (Å²) in [6.07, 6.45) is 5.03. The van der Waals surface area contributed by atoms with E-state index in [0.717, 1.165) is 5.56 Å². The van der Waals surface area contributed by atoms with Crippen LogP contribution in [0.5, 0.6) is 0 Å². The first-order chi connectivity index (χ1) is 15.5. The molecule has 0 spiro atoms. The first-order valence-electron chi connectivity index (χ1n) is 10.3. The zero-order valence-corrected chi connectivity index (χ0v) is 17.4. The van der Waals surface area contributed by atoms with E-state index < -0.39 is 29.8 Å². The fourth-order valence-corrected chi connectivity index (χ4v) is 3.80. The molecular formula is C24H23F2N3O3. The van der Waals surface area contributed by atoms with Crippen LogP contribution in [-0.2, 0) is 16.1 Å². The van der Waals surface area contributed by atoms with Gasteiger partial charge in [0.15, 0.2) is 11.6 Å². The van der Waals surface area contributed by atoms with Gasteiger partial charge in [-0.05, 0) is 36.8 Å². The standard InChI is InChI=1S/C24H23F2N3O3/c1-15-22(24(31)28-20(13-30)16-7-3-2-4-8-16)29-12-6-11-21(23(29)27-15)32-14-17-18(25)9-5-10-19(17)26/h2-12,15,20,22,30H,13-14H2,1H3,(H,28,31)/t15?,20-,22?/m0/s1. The van der Waals surface area contributed by atoms with Gasteiger partial charge in [-0.1, -0.05) is 36.4 Å². The summed E-state index contributed by atoms with van der Waals surface area (Å²) in [6, 6.07) is 11.2. The van der Waals surface area contributed by atoms with Crippen LogP contribution >= 0.6 is 0 Å². The molecule has 4 rings (SSSR count). The first-order valence-corrected chi connectivity index (χ1v) is 10.3. The molecule has 0 bridgehead atoms. The number of allylic oxidation sites excluding steroid dienone is 2. The Hall–Kier alpha value is -3.52. The lowest BCUT2D eigenvalue weighted by Crippen LogP contribution is -2.49. The SMILES string of the molecule is CC1N=C2C(OCc3c(F)cccc3F)=CC=CN2C1C(=O)N[C@@H](CO)c1ccccc1. The van der Waals surface area contributed by atoms with E-state index in [0.29, 0.717) is 11.6 Å². The number of benzene rings is 2. The van der Waals surface area contributed by atoms with Gasteiger partial charge in [-0.25, -0.2) is 8.78 Å². The number of ether oxygens (including phenoxy) is 1. The summed E-state index contributed by atoms with van der Waals surface area (Å²) in [5, 5.41) is 12.7. The monoisotopic (exact) mass is 439 g/mol. The molecule has 3 atom stereocenters. The molecule has 0 radical (unpaired) electrons. The second kappa shape index (κ2) is 9.32. The lowest BCUT2D eigenvalue weighted by atomic mass is 10.1. The molecule has 2 aliphatic rings. The third-order valence-corrected chi connectivity index (χ3v) is 5.45. The molecule has 0 saturated carbocycles. The maximum absolute atomic E-state index is 13.9. The van der Waals surface area contributed by atoms with E-state index in [1.54, 1.807) is 30.2 Å². The summed E-state index contributed by atoms with van der Waals surface area (Å²) in [7, 11) is 0. The van der Waals surface area contributed by atoms with Gasteiger partial charge in [-0.15, -0.1) is 0 Å². The maximum atomic E-state index is 13.9. The van der Waals surface area contributed by atoms with Crippen molar-refractivity contribution in [2.24, 2.45) is 4.99 Å². The highest BCUT2D eigenvalue weighted by molar-refractivity contribution is 6.03. The van der Waals surface area contributed by atoms with Crippen molar-refractivity contribution in [1.29, 1.82) is 0 Å². The highest BCUT2D eigenvalue weighted by Crippen LogP contribution is 2.27. The number of amides is 1. The zero-order valence-electron chi connectivity index (χ0n) is 17.4. The third kappa shape index (κ3) is 4.27. The van der Waals surface area contributed by atoms with E-state index in [2.05, 4.69) is 10.3 Å². The van der Waals surface area contributed by atoms with Crippen LogP contribution in [0.15, 0.2) is 77.6 Å². The van der Waals surface area contributed by atoms with Crippen molar-refractivity contribution >= 4 is 11.7 Å². The van der Waals surface area contributed by atoms with Gasteiger partial charge in [0.25, 0.3) is 0 Å². The Morgan fingerprint density at radius 2 is 1.91 bits per heavy atom. The topological polar surface area (TPSA) is 74.2 Å². The first kappa shape index (κ1) is 21.7.